The minimum absolute atomic E-state index is 0.341. The summed E-state index contributed by atoms with van der Waals surface area (Å²) in [6.07, 6.45) is 0. The molecule has 0 heterocycles. The van der Waals surface area contributed by atoms with Gasteiger partial charge in [-0.3, -0.25) is 10.1 Å². The summed E-state index contributed by atoms with van der Waals surface area (Å²) in [6.45, 7) is 0. The fourth-order valence-corrected chi connectivity index (χ4v) is 1.48. The normalized spacial score (nSPS) is 11.5. The van der Waals surface area contributed by atoms with Crippen molar-refractivity contribution in [2.75, 3.05) is 26.6 Å². The highest BCUT2D eigenvalue weighted by molar-refractivity contribution is 6.08. The van der Waals surface area contributed by atoms with E-state index in [0.29, 0.717) is 17.2 Å². The lowest BCUT2D eigenvalue weighted by molar-refractivity contribution is -0.142. The molecule has 19 heavy (non-hydrogen) atoms. The predicted octanol–water partition coefficient (Wildman–Crippen LogP) is 0.315. The van der Waals surface area contributed by atoms with Gasteiger partial charge in [0.15, 0.2) is 6.04 Å². The number of methoxy groups -OCH3 is 2. The number of carboxylic acids is 1. The summed E-state index contributed by atoms with van der Waals surface area (Å²) < 4.78 is 10.1. The highest BCUT2D eigenvalue weighted by Crippen LogP contribution is 2.28. The van der Waals surface area contributed by atoms with E-state index in [0.717, 1.165) is 0 Å². The zero-order valence-corrected chi connectivity index (χ0v) is 10.9. The molecule has 104 valence electrons. The third-order valence-corrected chi connectivity index (χ3v) is 2.46. The second-order valence-corrected chi connectivity index (χ2v) is 3.62. The SMILES string of the molecule is CNC(C(=O)O)C(=O)Nc1cc(OC)ccc1OC. The fraction of sp³-hybridized carbons (Fsp3) is 0.333. The molecule has 0 aliphatic rings. The van der Waals surface area contributed by atoms with Gasteiger partial charge in [0.25, 0.3) is 5.91 Å². The van der Waals surface area contributed by atoms with Gasteiger partial charge in [-0.25, -0.2) is 4.79 Å². The van der Waals surface area contributed by atoms with Crippen LogP contribution >= 0.6 is 0 Å². The van der Waals surface area contributed by atoms with Crippen LogP contribution in [0.1, 0.15) is 0 Å². The van der Waals surface area contributed by atoms with Crippen LogP contribution in [0.25, 0.3) is 0 Å². The van der Waals surface area contributed by atoms with Crippen LogP contribution in [0.15, 0.2) is 18.2 Å². The van der Waals surface area contributed by atoms with Gasteiger partial charge in [0, 0.05) is 6.07 Å². The number of ether oxygens (including phenoxy) is 2. The summed E-state index contributed by atoms with van der Waals surface area (Å²) in [5.74, 6) is -1.02. The van der Waals surface area contributed by atoms with E-state index >= 15 is 0 Å². The van der Waals surface area contributed by atoms with Crippen molar-refractivity contribution in [2.24, 2.45) is 0 Å². The average Bonchev–Trinajstić information content (AvgIpc) is 2.38. The molecule has 0 aromatic heterocycles. The number of anilines is 1. The number of carbonyl (C=O) groups excluding carboxylic acids is 1. The van der Waals surface area contributed by atoms with E-state index in [1.54, 1.807) is 18.2 Å². The molecule has 0 spiro atoms. The van der Waals surface area contributed by atoms with Gasteiger partial charge in [-0.2, -0.15) is 0 Å². The maximum atomic E-state index is 11.8. The van der Waals surface area contributed by atoms with E-state index in [1.165, 1.54) is 21.3 Å². The first-order valence-corrected chi connectivity index (χ1v) is 5.46. The van der Waals surface area contributed by atoms with E-state index in [2.05, 4.69) is 10.6 Å². The second kappa shape index (κ2) is 6.60. The average molecular weight is 268 g/mol. The first kappa shape index (κ1) is 14.8. The largest absolute Gasteiger partial charge is 0.497 e. The quantitative estimate of drug-likeness (QED) is 0.643. The topological polar surface area (TPSA) is 96.9 Å². The second-order valence-electron chi connectivity index (χ2n) is 3.62. The molecule has 1 rings (SSSR count). The molecule has 1 aromatic carbocycles. The first-order chi connectivity index (χ1) is 9.03. The summed E-state index contributed by atoms with van der Waals surface area (Å²) in [4.78, 5) is 22.7. The van der Waals surface area contributed by atoms with Crippen LogP contribution < -0.4 is 20.1 Å². The third kappa shape index (κ3) is 3.59. The molecule has 0 saturated heterocycles. The standard InChI is InChI=1S/C12H16N2O5/c1-13-10(12(16)17)11(15)14-8-6-7(18-2)4-5-9(8)19-3/h4-6,10,13H,1-3H3,(H,14,15)(H,16,17). The molecule has 1 atom stereocenters. The van der Waals surface area contributed by atoms with Gasteiger partial charge in [-0.05, 0) is 19.2 Å². The van der Waals surface area contributed by atoms with E-state index in [9.17, 15) is 9.59 Å². The summed E-state index contributed by atoms with van der Waals surface area (Å²) in [7, 11) is 4.33. The third-order valence-electron chi connectivity index (χ3n) is 2.46. The smallest absolute Gasteiger partial charge is 0.330 e. The number of hydrogen-bond acceptors (Lipinski definition) is 5. The van der Waals surface area contributed by atoms with Crippen molar-refractivity contribution in [1.82, 2.24) is 5.32 Å². The molecule has 7 heteroatoms. The summed E-state index contributed by atoms with van der Waals surface area (Å²) in [5.41, 5.74) is 0.341. The number of carbonyl (C=O) groups is 2. The molecule has 0 aliphatic carbocycles. The van der Waals surface area contributed by atoms with Crippen LogP contribution in [0.5, 0.6) is 11.5 Å². The Morgan fingerprint density at radius 1 is 1.26 bits per heavy atom. The number of hydrogen-bond donors (Lipinski definition) is 3. The monoisotopic (exact) mass is 268 g/mol. The minimum atomic E-state index is -1.34. The lowest BCUT2D eigenvalue weighted by Crippen LogP contribution is -2.44. The van der Waals surface area contributed by atoms with Gasteiger partial charge in [0.05, 0.1) is 19.9 Å². The van der Waals surface area contributed by atoms with Crippen molar-refractivity contribution in [2.45, 2.75) is 6.04 Å². The Hall–Kier alpha value is -2.28. The Morgan fingerprint density at radius 2 is 1.95 bits per heavy atom. The van der Waals surface area contributed by atoms with Crippen molar-refractivity contribution >= 4 is 17.6 Å². The predicted molar refractivity (Wildman–Crippen MR) is 68.7 cm³/mol. The van der Waals surface area contributed by atoms with Gasteiger partial charge in [0.1, 0.15) is 11.5 Å². The maximum Gasteiger partial charge on any atom is 0.330 e. The summed E-state index contributed by atoms with van der Waals surface area (Å²) in [6, 6.07) is 3.49. The van der Waals surface area contributed by atoms with E-state index in [1.807, 2.05) is 0 Å². The number of nitrogens with one attached hydrogen (secondary N) is 2. The van der Waals surface area contributed by atoms with Gasteiger partial charge >= 0.3 is 5.97 Å². The molecule has 1 unspecified atom stereocenters. The molecular formula is C12H16N2O5. The van der Waals surface area contributed by atoms with Gasteiger partial charge in [-0.15, -0.1) is 0 Å². The molecule has 0 fully saturated rings. The molecule has 7 nitrogen and oxygen atoms in total. The van der Waals surface area contributed by atoms with Gasteiger partial charge < -0.3 is 19.9 Å². The number of rotatable bonds is 6. The maximum absolute atomic E-state index is 11.8. The number of amides is 1. The molecular weight excluding hydrogens is 252 g/mol. The summed E-state index contributed by atoms with van der Waals surface area (Å²) >= 11 is 0. The van der Waals surface area contributed by atoms with Crippen LogP contribution in [-0.2, 0) is 9.59 Å². The zero-order valence-electron chi connectivity index (χ0n) is 10.9. The number of benzene rings is 1. The molecule has 1 amide bonds. The lowest BCUT2D eigenvalue weighted by atomic mass is 10.2. The van der Waals surface area contributed by atoms with E-state index < -0.39 is 17.9 Å². The van der Waals surface area contributed by atoms with Crippen molar-refractivity contribution in [3.63, 3.8) is 0 Å². The minimum Gasteiger partial charge on any atom is -0.497 e. The Labute approximate surface area is 110 Å². The number of likely N-dealkylation sites (N-methyl/N-ethyl adjacent to an activating group) is 1. The summed E-state index contributed by atoms with van der Waals surface area (Å²) in [5, 5.41) is 13.8. The van der Waals surface area contributed by atoms with Crippen molar-refractivity contribution in [3.05, 3.63) is 18.2 Å². The fourth-order valence-electron chi connectivity index (χ4n) is 1.48. The Kier molecular flexibility index (Phi) is 5.13. The van der Waals surface area contributed by atoms with Crippen molar-refractivity contribution in [1.29, 1.82) is 0 Å². The highest BCUT2D eigenvalue weighted by atomic mass is 16.5. The lowest BCUT2D eigenvalue weighted by Gasteiger charge is -2.14. The molecule has 0 bridgehead atoms. The zero-order chi connectivity index (χ0) is 14.4. The Morgan fingerprint density at radius 3 is 2.42 bits per heavy atom. The highest BCUT2D eigenvalue weighted by Gasteiger charge is 2.25. The van der Waals surface area contributed by atoms with Gasteiger partial charge in [-0.1, -0.05) is 0 Å². The Bertz CT molecular complexity index is 475. The first-order valence-electron chi connectivity index (χ1n) is 5.46. The number of carboxylic acid groups (broad SMARTS) is 1. The van der Waals surface area contributed by atoms with E-state index in [-0.39, 0.29) is 0 Å². The molecule has 0 aliphatic heterocycles. The molecule has 0 radical (unpaired) electrons. The molecule has 3 N–H and O–H groups in total. The van der Waals surface area contributed by atoms with Crippen molar-refractivity contribution < 1.29 is 24.2 Å². The van der Waals surface area contributed by atoms with Crippen LogP contribution in [0, 0.1) is 0 Å². The molecule has 0 saturated carbocycles. The molecule has 1 aromatic rings. The van der Waals surface area contributed by atoms with Crippen LogP contribution in [0.4, 0.5) is 5.69 Å². The Balaban J connectivity index is 2.97. The van der Waals surface area contributed by atoms with Crippen LogP contribution in [0.3, 0.4) is 0 Å². The van der Waals surface area contributed by atoms with Gasteiger partial charge in [0.2, 0.25) is 0 Å². The van der Waals surface area contributed by atoms with Crippen LogP contribution in [0.2, 0.25) is 0 Å². The number of aliphatic carboxylic acids is 1. The van der Waals surface area contributed by atoms with Crippen LogP contribution in [-0.4, -0.2) is 44.3 Å². The van der Waals surface area contributed by atoms with E-state index in [4.69, 9.17) is 14.6 Å². The van der Waals surface area contributed by atoms with Crippen molar-refractivity contribution in [3.8, 4) is 11.5 Å².